The summed E-state index contributed by atoms with van der Waals surface area (Å²) in [5, 5.41) is 5.79. The van der Waals surface area contributed by atoms with Crippen LogP contribution in [0.25, 0.3) is 0 Å². The molecule has 2 aromatic rings. The van der Waals surface area contributed by atoms with E-state index in [1.165, 1.54) is 5.56 Å². The first-order valence-corrected chi connectivity index (χ1v) is 11.1. The minimum atomic E-state index is -0.406. The molecule has 31 heavy (non-hydrogen) atoms. The van der Waals surface area contributed by atoms with Crippen LogP contribution >= 0.6 is 0 Å². The van der Waals surface area contributed by atoms with Gasteiger partial charge in [0.2, 0.25) is 17.7 Å². The zero-order valence-electron chi connectivity index (χ0n) is 17.9. The molecule has 1 heterocycles. The van der Waals surface area contributed by atoms with E-state index in [2.05, 4.69) is 29.7 Å². The summed E-state index contributed by atoms with van der Waals surface area (Å²) in [7, 11) is 0. The van der Waals surface area contributed by atoms with Crippen molar-refractivity contribution in [2.24, 2.45) is 11.8 Å². The highest BCUT2D eigenvalue weighted by Crippen LogP contribution is 2.31. The van der Waals surface area contributed by atoms with Gasteiger partial charge < -0.3 is 15.5 Å². The van der Waals surface area contributed by atoms with Crippen molar-refractivity contribution in [3.05, 3.63) is 54.1 Å². The summed E-state index contributed by atoms with van der Waals surface area (Å²) in [4.78, 5) is 39.0. The van der Waals surface area contributed by atoms with Gasteiger partial charge in [0.15, 0.2) is 0 Å². The number of hydrogen-bond donors (Lipinski definition) is 2. The van der Waals surface area contributed by atoms with Crippen LogP contribution in [0.2, 0.25) is 0 Å². The van der Waals surface area contributed by atoms with E-state index >= 15 is 0 Å². The number of unbranched alkanes of at least 4 members (excludes halogenated alkanes) is 1. The van der Waals surface area contributed by atoms with Crippen molar-refractivity contribution in [1.29, 1.82) is 0 Å². The fraction of sp³-hybridized carbons (Fsp3) is 0.400. The maximum absolute atomic E-state index is 12.8. The summed E-state index contributed by atoms with van der Waals surface area (Å²) in [5.41, 5.74) is 3.39. The second-order valence-electron chi connectivity index (χ2n) is 8.51. The Morgan fingerprint density at radius 1 is 0.968 bits per heavy atom. The molecule has 0 radical (unpaired) electrons. The first-order chi connectivity index (χ1) is 15.0. The minimum absolute atomic E-state index is 0.0289. The third-order valence-corrected chi connectivity index (χ3v) is 5.91. The smallest absolute Gasteiger partial charge is 0.229 e. The summed E-state index contributed by atoms with van der Waals surface area (Å²) in [6.07, 6.45) is 5.41. The summed E-state index contributed by atoms with van der Waals surface area (Å²) in [6, 6.07) is 15.2. The van der Waals surface area contributed by atoms with E-state index in [4.69, 9.17) is 0 Å². The Bertz CT molecular complexity index is 966. The Morgan fingerprint density at radius 2 is 1.61 bits per heavy atom. The molecule has 0 aromatic heterocycles. The molecule has 3 amide bonds. The van der Waals surface area contributed by atoms with Crippen molar-refractivity contribution < 1.29 is 14.4 Å². The van der Waals surface area contributed by atoms with E-state index in [1.807, 2.05) is 12.1 Å². The number of carbonyl (C=O) groups is 3. The Hall–Kier alpha value is -3.15. The monoisotopic (exact) mass is 419 g/mol. The molecule has 1 saturated heterocycles. The average molecular weight is 420 g/mol. The summed E-state index contributed by atoms with van der Waals surface area (Å²) < 4.78 is 0. The van der Waals surface area contributed by atoms with Crippen molar-refractivity contribution in [2.75, 3.05) is 22.1 Å². The van der Waals surface area contributed by atoms with E-state index in [-0.39, 0.29) is 30.1 Å². The average Bonchev–Trinajstić information content (AvgIpc) is 3.55. The van der Waals surface area contributed by atoms with E-state index < -0.39 is 5.92 Å². The van der Waals surface area contributed by atoms with Crippen LogP contribution in [-0.4, -0.2) is 24.3 Å². The number of amides is 3. The predicted octanol–water partition coefficient (Wildman–Crippen LogP) is 4.37. The highest BCUT2D eigenvalue weighted by atomic mass is 16.2. The SMILES string of the molecule is CCCCc1ccc(N2CC(C(=O)Nc3cccc(NC(=O)C4CC4)c3)CC2=O)cc1. The Balaban J connectivity index is 1.35. The van der Waals surface area contributed by atoms with E-state index in [1.54, 1.807) is 29.2 Å². The zero-order chi connectivity index (χ0) is 21.8. The van der Waals surface area contributed by atoms with Crippen LogP contribution in [0.1, 0.15) is 44.6 Å². The lowest BCUT2D eigenvalue weighted by Gasteiger charge is -2.17. The highest BCUT2D eigenvalue weighted by Gasteiger charge is 2.35. The lowest BCUT2D eigenvalue weighted by molar-refractivity contribution is -0.122. The van der Waals surface area contributed by atoms with E-state index in [0.29, 0.717) is 17.9 Å². The molecule has 4 rings (SSSR count). The minimum Gasteiger partial charge on any atom is -0.326 e. The van der Waals surface area contributed by atoms with Crippen molar-refractivity contribution in [1.82, 2.24) is 0 Å². The van der Waals surface area contributed by atoms with Gasteiger partial charge in [0.1, 0.15) is 0 Å². The summed E-state index contributed by atoms with van der Waals surface area (Å²) in [6.45, 7) is 2.54. The molecule has 2 aromatic carbocycles. The van der Waals surface area contributed by atoms with Crippen molar-refractivity contribution in [2.45, 2.75) is 45.4 Å². The molecule has 2 N–H and O–H groups in total. The van der Waals surface area contributed by atoms with Gasteiger partial charge >= 0.3 is 0 Å². The molecule has 1 aliphatic carbocycles. The van der Waals surface area contributed by atoms with Gasteiger partial charge in [-0.3, -0.25) is 14.4 Å². The molecule has 0 bridgehead atoms. The van der Waals surface area contributed by atoms with E-state index in [9.17, 15) is 14.4 Å². The highest BCUT2D eigenvalue weighted by molar-refractivity contribution is 6.04. The van der Waals surface area contributed by atoms with Gasteiger partial charge in [0, 0.05) is 35.9 Å². The van der Waals surface area contributed by atoms with Gasteiger partial charge in [-0.25, -0.2) is 0 Å². The Kier molecular flexibility index (Phi) is 6.35. The van der Waals surface area contributed by atoms with Crippen LogP contribution in [0, 0.1) is 11.8 Å². The molecule has 1 atom stereocenters. The number of benzene rings is 2. The second-order valence-corrected chi connectivity index (χ2v) is 8.51. The van der Waals surface area contributed by atoms with Crippen molar-refractivity contribution >= 4 is 34.8 Å². The lowest BCUT2D eigenvalue weighted by atomic mass is 10.1. The largest absolute Gasteiger partial charge is 0.326 e. The Labute approximate surface area is 183 Å². The molecule has 162 valence electrons. The van der Waals surface area contributed by atoms with Gasteiger partial charge in [-0.1, -0.05) is 31.5 Å². The number of nitrogens with one attached hydrogen (secondary N) is 2. The number of carbonyl (C=O) groups excluding carboxylic acids is 3. The van der Waals surface area contributed by atoms with Crippen LogP contribution < -0.4 is 15.5 Å². The first-order valence-electron chi connectivity index (χ1n) is 11.1. The second kappa shape index (κ2) is 9.33. The maximum atomic E-state index is 12.8. The standard InChI is InChI=1S/C25H29N3O3/c1-2-3-5-17-8-12-22(13-9-17)28-16-19(14-23(28)29)25(31)27-21-7-4-6-20(15-21)26-24(30)18-10-11-18/h4,6-9,12-13,15,18-19H,2-3,5,10-11,14,16H2,1H3,(H,26,30)(H,27,31). The summed E-state index contributed by atoms with van der Waals surface area (Å²) in [5.74, 6) is -0.472. The number of hydrogen-bond acceptors (Lipinski definition) is 3. The van der Waals surface area contributed by atoms with Gasteiger partial charge in [-0.2, -0.15) is 0 Å². The number of anilines is 3. The molecular weight excluding hydrogens is 390 g/mol. The third-order valence-electron chi connectivity index (χ3n) is 5.91. The van der Waals surface area contributed by atoms with Crippen molar-refractivity contribution in [3.8, 4) is 0 Å². The molecule has 1 saturated carbocycles. The van der Waals surface area contributed by atoms with Crippen LogP contribution in [0.5, 0.6) is 0 Å². The quantitative estimate of drug-likeness (QED) is 0.667. The first kappa shape index (κ1) is 21.1. The number of rotatable bonds is 8. The molecule has 1 aliphatic heterocycles. The van der Waals surface area contributed by atoms with Gasteiger partial charge in [-0.15, -0.1) is 0 Å². The zero-order valence-corrected chi connectivity index (χ0v) is 17.9. The number of aryl methyl sites for hydroxylation is 1. The van der Waals surface area contributed by atoms with Crippen LogP contribution in [0.4, 0.5) is 17.1 Å². The van der Waals surface area contributed by atoms with E-state index in [0.717, 1.165) is 37.8 Å². The van der Waals surface area contributed by atoms with Crippen LogP contribution in [0.3, 0.4) is 0 Å². The Morgan fingerprint density at radius 3 is 2.23 bits per heavy atom. The fourth-order valence-electron chi connectivity index (χ4n) is 3.87. The maximum Gasteiger partial charge on any atom is 0.229 e. The number of nitrogens with zero attached hydrogens (tertiary/aromatic N) is 1. The van der Waals surface area contributed by atoms with Crippen LogP contribution in [0.15, 0.2) is 48.5 Å². The molecular formula is C25H29N3O3. The normalized spacial score (nSPS) is 18.2. The molecule has 0 spiro atoms. The molecule has 6 nitrogen and oxygen atoms in total. The molecule has 2 fully saturated rings. The van der Waals surface area contributed by atoms with Crippen LogP contribution in [-0.2, 0) is 20.8 Å². The lowest BCUT2D eigenvalue weighted by Crippen LogP contribution is -2.28. The van der Waals surface area contributed by atoms with Gasteiger partial charge in [0.25, 0.3) is 0 Å². The van der Waals surface area contributed by atoms with Gasteiger partial charge in [0.05, 0.1) is 5.92 Å². The topological polar surface area (TPSA) is 78.5 Å². The molecule has 1 unspecified atom stereocenters. The van der Waals surface area contributed by atoms with Gasteiger partial charge in [-0.05, 0) is 61.6 Å². The molecule has 6 heteroatoms. The predicted molar refractivity (Wildman–Crippen MR) is 122 cm³/mol. The fourth-order valence-corrected chi connectivity index (χ4v) is 3.87. The third kappa shape index (κ3) is 5.32. The molecule has 2 aliphatic rings. The summed E-state index contributed by atoms with van der Waals surface area (Å²) >= 11 is 0. The van der Waals surface area contributed by atoms with Crippen molar-refractivity contribution in [3.63, 3.8) is 0 Å².